The van der Waals surface area contributed by atoms with Crippen LogP contribution in [-0.2, 0) is 20.0 Å². The number of ether oxygens (including phenoxy) is 1. The summed E-state index contributed by atoms with van der Waals surface area (Å²) in [5, 5.41) is 23.8. The Morgan fingerprint density at radius 1 is 1.39 bits per heavy atom. The Hall–Kier alpha value is -1.96. The lowest BCUT2D eigenvalue weighted by atomic mass is 10.0. The van der Waals surface area contributed by atoms with Gasteiger partial charge in [0.25, 0.3) is 0 Å². The smallest absolute Gasteiger partial charge is 0.388 e. The van der Waals surface area contributed by atoms with Crippen molar-refractivity contribution >= 4 is 28.0 Å². The average Bonchev–Trinajstić information content (AvgIpc) is 3.15. The molecule has 0 aromatic carbocycles. The van der Waals surface area contributed by atoms with Gasteiger partial charge < -0.3 is 30.8 Å². The number of fused-ring (bicyclic) bond motifs is 1. The van der Waals surface area contributed by atoms with Gasteiger partial charge in [0.2, 0.25) is 11.6 Å². The molecule has 3 rings (SSSR count). The SMILES string of the molecule is CN=C1NC2(N(C)CCON)C(N)=NCN=C2N1[C@@H]1O[C@H](C)[C@@H](O)[C@H]1O.O=S(=O)(O)O. The number of nitrogens with one attached hydrogen (secondary N) is 1. The number of likely N-dealkylation sites (N-methyl/N-ethyl adjacent to an activating group) is 1. The maximum absolute atomic E-state index is 10.5. The number of aliphatic hydroxyl groups excluding tert-OH is 2. The van der Waals surface area contributed by atoms with Crippen molar-refractivity contribution in [1.82, 2.24) is 15.1 Å². The Balaban J connectivity index is 0.000000614. The minimum absolute atomic E-state index is 0.139. The molecule has 5 atom stereocenters. The zero-order valence-electron chi connectivity index (χ0n) is 17.2. The number of amidine groups is 2. The fourth-order valence-electron chi connectivity index (χ4n) is 3.48. The van der Waals surface area contributed by atoms with Crippen LogP contribution in [0, 0.1) is 0 Å². The molecule has 0 spiro atoms. The summed E-state index contributed by atoms with van der Waals surface area (Å²) in [6.45, 7) is 2.52. The van der Waals surface area contributed by atoms with Crippen molar-refractivity contribution < 1.29 is 37.3 Å². The Morgan fingerprint density at radius 2 is 2.00 bits per heavy atom. The molecule has 0 saturated carbocycles. The third-order valence-corrected chi connectivity index (χ3v) is 4.97. The summed E-state index contributed by atoms with van der Waals surface area (Å²) >= 11 is 0. The Labute approximate surface area is 178 Å². The van der Waals surface area contributed by atoms with E-state index >= 15 is 0 Å². The maximum atomic E-state index is 10.5. The molecule has 2 fully saturated rings. The van der Waals surface area contributed by atoms with Crippen LogP contribution in [0.25, 0.3) is 0 Å². The van der Waals surface area contributed by atoms with E-state index in [1.807, 2.05) is 11.9 Å². The number of guanidine groups is 1. The highest BCUT2D eigenvalue weighted by Gasteiger charge is 2.59. The van der Waals surface area contributed by atoms with Crippen LogP contribution in [0.2, 0.25) is 0 Å². The number of nitrogens with two attached hydrogens (primary N) is 2. The van der Waals surface area contributed by atoms with Crippen molar-refractivity contribution in [2.75, 3.05) is 33.9 Å². The van der Waals surface area contributed by atoms with Crippen LogP contribution in [0.4, 0.5) is 0 Å². The molecular weight excluding hydrogens is 440 g/mol. The summed E-state index contributed by atoms with van der Waals surface area (Å²) in [7, 11) is -1.26. The topological polar surface area (TPSA) is 241 Å². The van der Waals surface area contributed by atoms with Gasteiger partial charge >= 0.3 is 10.4 Å². The Bertz CT molecular complexity index is 843. The largest absolute Gasteiger partial charge is 0.394 e. The molecule has 0 aromatic rings. The van der Waals surface area contributed by atoms with Crippen LogP contribution in [0.5, 0.6) is 0 Å². The predicted molar refractivity (Wildman–Crippen MR) is 108 cm³/mol. The van der Waals surface area contributed by atoms with Crippen molar-refractivity contribution in [2.24, 2.45) is 26.6 Å². The van der Waals surface area contributed by atoms with Crippen LogP contribution < -0.4 is 16.9 Å². The van der Waals surface area contributed by atoms with Crippen molar-refractivity contribution in [3.8, 4) is 0 Å². The van der Waals surface area contributed by atoms with Crippen LogP contribution >= 0.6 is 0 Å². The highest BCUT2D eigenvalue weighted by molar-refractivity contribution is 7.79. The van der Waals surface area contributed by atoms with Gasteiger partial charge in [-0.2, -0.15) is 8.42 Å². The van der Waals surface area contributed by atoms with E-state index in [-0.39, 0.29) is 13.3 Å². The summed E-state index contributed by atoms with van der Waals surface area (Å²) < 4.78 is 37.4. The number of nitrogens with zero attached hydrogens (tertiary/aromatic N) is 5. The second-order valence-electron chi connectivity index (χ2n) is 6.87. The van der Waals surface area contributed by atoms with Gasteiger partial charge in [-0.3, -0.25) is 23.9 Å². The zero-order chi connectivity index (χ0) is 23.6. The standard InChI is InChI=1S/C14H26N8O4.H2O4S/c1-7-8(23)9(24)10(26-7)22-12-14(20-13(22)17-2,11(15)18-6-19-12)21(3)4-5-25-16;1-5(2,3)4/h7-10,23-24H,4-6,16H2,1-3H3,(H2,15,18)(H,17,20);(H2,1,2,3,4)/t7-,8-,9-,10-,14?;/m1./s1. The lowest BCUT2D eigenvalue weighted by Crippen LogP contribution is -2.69. The fraction of sp³-hybridized carbons (Fsp3) is 0.786. The highest BCUT2D eigenvalue weighted by Crippen LogP contribution is 2.32. The van der Waals surface area contributed by atoms with Gasteiger partial charge in [0.05, 0.1) is 12.7 Å². The molecule has 17 heteroatoms. The van der Waals surface area contributed by atoms with Gasteiger partial charge in [-0.05, 0) is 14.0 Å². The summed E-state index contributed by atoms with van der Waals surface area (Å²) in [4.78, 5) is 21.1. The summed E-state index contributed by atoms with van der Waals surface area (Å²) in [6.07, 6.45) is -3.56. The van der Waals surface area contributed by atoms with Gasteiger partial charge in [-0.1, -0.05) is 0 Å². The van der Waals surface area contributed by atoms with Crippen molar-refractivity contribution in [3.63, 3.8) is 0 Å². The van der Waals surface area contributed by atoms with Gasteiger partial charge in [0.15, 0.2) is 12.1 Å². The van der Waals surface area contributed by atoms with Crippen LogP contribution in [0.1, 0.15) is 6.92 Å². The van der Waals surface area contributed by atoms with Crippen LogP contribution in [-0.4, -0.2) is 119 Å². The van der Waals surface area contributed by atoms with Gasteiger partial charge in [-0.25, -0.2) is 15.9 Å². The molecule has 0 aliphatic carbocycles. The number of hydrogen-bond acceptors (Lipinski definition) is 12. The van der Waals surface area contributed by atoms with E-state index in [0.29, 0.717) is 24.2 Å². The van der Waals surface area contributed by atoms with E-state index in [2.05, 4.69) is 25.1 Å². The van der Waals surface area contributed by atoms with E-state index in [1.54, 1.807) is 18.9 Å². The molecule has 9 N–H and O–H groups in total. The molecule has 0 radical (unpaired) electrons. The van der Waals surface area contributed by atoms with E-state index in [1.165, 1.54) is 0 Å². The first kappa shape index (κ1) is 25.3. The first-order valence-corrected chi connectivity index (χ1v) is 10.4. The van der Waals surface area contributed by atoms with E-state index in [4.69, 9.17) is 33.9 Å². The first-order valence-electron chi connectivity index (χ1n) is 9.02. The van der Waals surface area contributed by atoms with Crippen molar-refractivity contribution in [3.05, 3.63) is 0 Å². The highest BCUT2D eigenvalue weighted by atomic mass is 32.3. The number of aliphatic hydroxyl groups is 2. The molecule has 3 aliphatic rings. The Kier molecular flexibility index (Phi) is 7.89. The van der Waals surface area contributed by atoms with E-state index < -0.39 is 40.6 Å². The lowest BCUT2D eigenvalue weighted by molar-refractivity contribution is -0.0331. The molecule has 31 heavy (non-hydrogen) atoms. The third kappa shape index (κ3) is 5.10. The summed E-state index contributed by atoms with van der Waals surface area (Å²) in [5.41, 5.74) is 5.18. The normalized spacial score (nSPS) is 34.1. The molecule has 178 valence electrons. The second-order valence-corrected chi connectivity index (χ2v) is 7.77. The molecule has 0 aromatic heterocycles. The van der Waals surface area contributed by atoms with E-state index in [0.717, 1.165) is 0 Å². The van der Waals surface area contributed by atoms with Crippen LogP contribution in [0.15, 0.2) is 15.0 Å². The third-order valence-electron chi connectivity index (χ3n) is 4.97. The summed E-state index contributed by atoms with van der Waals surface area (Å²) in [6, 6.07) is 0. The molecule has 3 aliphatic heterocycles. The summed E-state index contributed by atoms with van der Waals surface area (Å²) in [5.74, 6) is 6.33. The second kappa shape index (κ2) is 9.67. The van der Waals surface area contributed by atoms with Gasteiger partial charge in [0, 0.05) is 13.6 Å². The minimum atomic E-state index is -4.67. The molecule has 3 heterocycles. The van der Waals surface area contributed by atoms with Crippen molar-refractivity contribution in [1.29, 1.82) is 0 Å². The quantitative estimate of drug-likeness (QED) is 0.150. The molecular formula is C14H28N8O8S. The van der Waals surface area contributed by atoms with Crippen molar-refractivity contribution in [2.45, 2.75) is 37.1 Å². The van der Waals surface area contributed by atoms with E-state index in [9.17, 15) is 10.2 Å². The number of hydrogen-bond donors (Lipinski definition) is 7. The number of rotatable bonds is 5. The van der Waals surface area contributed by atoms with Gasteiger partial charge in [0.1, 0.15) is 24.7 Å². The molecule has 16 nitrogen and oxygen atoms in total. The van der Waals surface area contributed by atoms with Gasteiger partial charge in [-0.15, -0.1) is 0 Å². The minimum Gasteiger partial charge on any atom is -0.388 e. The zero-order valence-corrected chi connectivity index (χ0v) is 18.0. The molecule has 2 saturated heterocycles. The molecule has 0 amide bonds. The Morgan fingerprint density at radius 3 is 2.48 bits per heavy atom. The fourth-order valence-corrected chi connectivity index (χ4v) is 3.48. The molecule has 1 unspecified atom stereocenters. The monoisotopic (exact) mass is 468 g/mol. The molecule has 0 bridgehead atoms. The van der Waals surface area contributed by atoms with Crippen LogP contribution in [0.3, 0.4) is 0 Å². The maximum Gasteiger partial charge on any atom is 0.394 e. The predicted octanol–water partition coefficient (Wildman–Crippen LogP) is -4.06. The average molecular weight is 468 g/mol. The number of aliphatic imine (C=N–C) groups is 3. The first-order chi connectivity index (χ1) is 14.4. The lowest BCUT2D eigenvalue weighted by Gasteiger charge is -2.39.